The Kier molecular flexibility index (Phi) is 6.95. The van der Waals surface area contributed by atoms with E-state index in [1.165, 1.54) is 0 Å². The second kappa shape index (κ2) is 10.0. The molecule has 6 heteroatoms. The molecule has 0 unspecified atom stereocenters. The van der Waals surface area contributed by atoms with Crippen molar-refractivity contribution in [3.05, 3.63) is 83.9 Å². The molecule has 3 aromatic carbocycles. The van der Waals surface area contributed by atoms with Crippen LogP contribution in [0, 0.1) is 0 Å². The lowest BCUT2D eigenvalue weighted by Gasteiger charge is -2.08. The molecule has 0 fully saturated rings. The second-order valence-electron chi connectivity index (χ2n) is 6.49. The van der Waals surface area contributed by atoms with Crippen LogP contribution in [0.3, 0.4) is 0 Å². The van der Waals surface area contributed by atoms with Gasteiger partial charge in [-0.2, -0.15) is 0 Å². The van der Waals surface area contributed by atoms with Crippen LogP contribution >= 0.6 is 0 Å². The topological polar surface area (TPSA) is 84.5 Å². The van der Waals surface area contributed by atoms with Gasteiger partial charge in [-0.3, -0.25) is 14.4 Å². The predicted molar refractivity (Wildman–Crippen MR) is 110 cm³/mol. The number of nitrogens with one attached hydrogen (secondary N) is 2. The molecule has 0 saturated heterocycles. The maximum Gasteiger partial charge on any atom is 0.325 e. The summed E-state index contributed by atoms with van der Waals surface area (Å²) >= 11 is 0. The Morgan fingerprint density at radius 3 is 2.31 bits per heavy atom. The maximum atomic E-state index is 12.2. The van der Waals surface area contributed by atoms with Crippen LogP contribution in [0.1, 0.15) is 22.3 Å². The average Bonchev–Trinajstić information content (AvgIpc) is 2.76. The summed E-state index contributed by atoms with van der Waals surface area (Å²) in [5.74, 6) is -1.09. The fourth-order valence-electron chi connectivity index (χ4n) is 2.77. The number of carbonyl (C=O) groups is 3. The van der Waals surface area contributed by atoms with Crippen LogP contribution in [0.25, 0.3) is 10.8 Å². The summed E-state index contributed by atoms with van der Waals surface area (Å²) in [5, 5.41) is 7.24. The standard InChI is InChI=1S/C23H22N2O4/c26-21(25-15-22(27)29-16-17-6-2-1-3-7-17)12-13-24-23(28)20-11-10-18-8-4-5-9-19(18)14-20/h1-11,14H,12-13,15-16H2,(H,24,28)(H,25,26). The molecule has 0 atom stereocenters. The highest BCUT2D eigenvalue weighted by Crippen LogP contribution is 2.15. The first-order valence-corrected chi connectivity index (χ1v) is 9.35. The van der Waals surface area contributed by atoms with E-state index in [4.69, 9.17) is 4.74 Å². The minimum absolute atomic E-state index is 0.0747. The predicted octanol–water partition coefficient (Wildman–Crippen LogP) is 2.82. The summed E-state index contributed by atoms with van der Waals surface area (Å²) < 4.78 is 5.09. The first-order valence-electron chi connectivity index (χ1n) is 9.35. The van der Waals surface area contributed by atoms with Gasteiger partial charge in [0.05, 0.1) is 0 Å². The van der Waals surface area contributed by atoms with Crippen LogP contribution in [0.15, 0.2) is 72.8 Å². The van der Waals surface area contributed by atoms with Gasteiger partial charge >= 0.3 is 5.97 Å². The number of hydrogen-bond donors (Lipinski definition) is 2. The number of carbonyl (C=O) groups excluding carboxylic acids is 3. The van der Waals surface area contributed by atoms with E-state index in [2.05, 4.69) is 10.6 Å². The minimum atomic E-state index is -0.512. The van der Waals surface area contributed by atoms with Crippen LogP contribution in [0.5, 0.6) is 0 Å². The minimum Gasteiger partial charge on any atom is -0.460 e. The fraction of sp³-hybridized carbons (Fsp3) is 0.174. The third kappa shape index (κ3) is 6.17. The quantitative estimate of drug-likeness (QED) is 0.579. The lowest BCUT2D eigenvalue weighted by molar-refractivity contribution is -0.145. The average molecular weight is 390 g/mol. The van der Waals surface area contributed by atoms with E-state index < -0.39 is 5.97 Å². The molecule has 0 aromatic heterocycles. The lowest BCUT2D eigenvalue weighted by Crippen LogP contribution is -2.34. The van der Waals surface area contributed by atoms with Gasteiger partial charge < -0.3 is 15.4 Å². The molecule has 2 amide bonds. The number of ether oxygens (including phenoxy) is 1. The van der Waals surface area contributed by atoms with E-state index in [-0.39, 0.29) is 37.9 Å². The van der Waals surface area contributed by atoms with Gasteiger partial charge in [-0.05, 0) is 28.5 Å². The molecule has 3 aromatic rings. The van der Waals surface area contributed by atoms with Gasteiger partial charge in [0.15, 0.2) is 0 Å². The highest BCUT2D eigenvalue weighted by atomic mass is 16.5. The summed E-state index contributed by atoms with van der Waals surface area (Å²) in [5.41, 5.74) is 1.41. The van der Waals surface area contributed by atoms with E-state index in [9.17, 15) is 14.4 Å². The number of esters is 1. The number of amides is 2. The molecular weight excluding hydrogens is 368 g/mol. The number of benzene rings is 3. The van der Waals surface area contributed by atoms with Crippen LogP contribution in [-0.2, 0) is 20.9 Å². The lowest BCUT2D eigenvalue weighted by atomic mass is 10.1. The van der Waals surface area contributed by atoms with Crippen molar-refractivity contribution in [1.29, 1.82) is 0 Å². The zero-order valence-electron chi connectivity index (χ0n) is 15.9. The number of rotatable bonds is 8. The molecule has 148 valence electrons. The Bertz CT molecular complexity index is 1000. The first kappa shape index (κ1) is 20.1. The largest absolute Gasteiger partial charge is 0.460 e. The van der Waals surface area contributed by atoms with Crippen LogP contribution < -0.4 is 10.6 Å². The summed E-state index contributed by atoms with van der Waals surface area (Å²) in [7, 11) is 0. The first-order chi connectivity index (χ1) is 14.1. The molecule has 0 spiro atoms. The van der Waals surface area contributed by atoms with Crippen molar-refractivity contribution in [2.45, 2.75) is 13.0 Å². The third-order valence-corrected chi connectivity index (χ3v) is 4.32. The van der Waals surface area contributed by atoms with Crippen LogP contribution in [0.4, 0.5) is 0 Å². The second-order valence-corrected chi connectivity index (χ2v) is 6.49. The van der Waals surface area contributed by atoms with Crippen molar-refractivity contribution in [2.24, 2.45) is 0 Å². The van der Waals surface area contributed by atoms with Gasteiger partial charge in [0.25, 0.3) is 5.91 Å². The van der Waals surface area contributed by atoms with E-state index >= 15 is 0 Å². The third-order valence-electron chi connectivity index (χ3n) is 4.32. The molecule has 6 nitrogen and oxygen atoms in total. The molecule has 0 bridgehead atoms. The smallest absolute Gasteiger partial charge is 0.325 e. The molecule has 0 aliphatic rings. The van der Waals surface area contributed by atoms with Crippen molar-refractivity contribution in [3.63, 3.8) is 0 Å². The Morgan fingerprint density at radius 1 is 0.793 bits per heavy atom. The number of hydrogen-bond acceptors (Lipinski definition) is 4. The van der Waals surface area contributed by atoms with Crippen molar-refractivity contribution >= 4 is 28.6 Å². The van der Waals surface area contributed by atoms with E-state index in [0.717, 1.165) is 16.3 Å². The summed E-state index contributed by atoms with van der Waals surface area (Å²) in [6.45, 7) is 0.137. The SMILES string of the molecule is O=C(CCNC(=O)c1ccc2ccccc2c1)NCC(=O)OCc1ccccc1. The normalized spacial score (nSPS) is 10.3. The summed E-state index contributed by atoms with van der Waals surface area (Å²) in [6.07, 6.45) is 0.0747. The molecule has 0 heterocycles. The molecule has 3 rings (SSSR count). The molecule has 0 aliphatic heterocycles. The highest BCUT2D eigenvalue weighted by molar-refractivity contribution is 5.98. The van der Waals surface area contributed by atoms with Crippen molar-refractivity contribution in [3.8, 4) is 0 Å². The number of fused-ring (bicyclic) bond motifs is 1. The van der Waals surface area contributed by atoms with Crippen molar-refractivity contribution in [1.82, 2.24) is 10.6 Å². The summed E-state index contributed by atoms with van der Waals surface area (Å²) in [4.78, 5) is 35.8. The Hall–Kier alpha value is -3.67. The molecule has 2 N–H and O–H groups in total. The molecule has 0 radical (unpaired) electrons. The van der Waals surface area contributed by atoms with Crippen LogP contribution in [-0.4, -0.2) is 30.9 Å². The molecule has 0 saturated carbocycles. The molecule has 0 aliphatic carbocycles. The van der Waals surface area contributed by atoms with E-state index in [1.54, 1.807) is 6.07 Å². The fourth-order valence-corrected chi connectivity index (χ4v) is 2.77. The van der Waals surface area contributed by atoms with Crippen molar-refractivity contribution in [2.75, 3.05) is 13.1 Å². The Balaban J connectivity index is 1.35. The van der Waals surface area contributed by atoms with E-state index in [1.807, 2.05) is 66.7 Å². The van der Waals surface area contributed by atoms with Crippen LogP contribution in [0.2, 0.25) is 0 Å². The van der Waals surface area contributed by atoms with Gasteiger partial charge in [-0.15, -0.1) is 0 Å². The zero-order valence-corrected chi connectivity index (χ0v) is 15.9. The summed E-state index contributed by atoms with van der Waals surface area (Å²) in [6, 6.07) is 22.5. The zero-order chi connectivity index (χ0) is 20.5. The molecular formula is C23H22N2O4. The maximum absolute atomic E-state index is 12.2. The van der Waals surface area contributed by atoms with Gasteiger partial charge in [0.1, 0.15) is 13.2 Å². The molecule has 29 heavy (non-hydrogen) atoms. The van der Waals surface area contributed by atoms with Crippen molar-refractivity contribution < 1.29 is 19.1 Å². The monoisotopic (exact) mass is 390 g/mol. The van der Waals surface area contributed by atoms with Gasteiger partial charge in [-0.1, -0.05) is 60.7 Å². The van der Waals surface area contributed by atoms with E-state index in [0.29, 0.717) is 5.56 Å². The van der Waals surface area contributed by atoms with Gasteiger partial charge in [-0.25, -0.2) is 0 Å². The highest BCUT2D eigenvalue weighted by Gasteiger charge is 2.09. The Morgan fingerprint density at radius 2 is 1.52 bits per heavy atom. The van der Waals surface area contributed by atoms with Gasteiger partial charge in [0.2, 0.25) is 5.91 Å². The van der Waals surface area contributed by atoms with Gasteiger partial charge in [0, 0.05) is 18.5 Å². The Labute approximate surface area is 168 Å².